The number of aryl methyl sites for hydroxylation is 2. The van der Waals surface area contributed by atoms with Crippen LogP contribution in [0.25, 0.3) is 0 Å². The van der Waals surface area contributed by atoms with E-state index in [1.807, 2.05) is 12.2 Å². The van der Waals surface area contributed by atoms with Gasteiger partial charge in [-0.2, -0.15) is 10.2 Å². The van der Waals surface area contributed by atoms with Gasteiger partial charge in [-0.1, -0.05) is 18.2 Å². The molecule has 0 aromatic carbocycles. The van der Waals surface area contributed by atoms with Crippen molar-refractivity contribution in [3.05, 3.63) is 68.8 Å². The van der Waals surface area contributed by atoms with E-state index in [0.29, 0.717) is 25.1 Å². The van der Waals surface area contributed by atoms with E-state index >= 15 is 0 Å². The highest BCUT2D eigenvalue weighted by molar-refractivity contribution is 5.35. The molecule has 12 nitrogen and oxygen atoms in total. The summed E-state index contributed by atoms with van der Waals surface area (Å²) in [6.07, 6.45) is 9.54. The number of aromatic nitrogens is 4. The highest BCUT2D eigenvalue weighted by Gasteiger charge is 2.27. The Kier molecular flexibility index (Phi) is 8.58. The fourth-order valence-corrected chi connectivity index (χ4v) is 3.23. The van der Waals surface area contributed by atoms with Crippen LogP contribution in [-0.2, 0) is 18.8 Å². The van der Waals surface area contributed by atoms with E-state index in [-0.39, 0.29) is 23.2 Å². The molecule has 1 N–H and O–H groups in total. The number of nitro groups is 2. The summed E-state index contributed by atoms with van der Waals surface area (Å²) in [6.45, 7) is 4.02. The molecule has 0 bridgehead atoms. The van der Waals surface area contributed by atoms with E-state index in [1.54, 1.807) is 20.2 Å². The number of allylic oxidation sites excluding steroid dienone is 2. The quantitative estimate of drug-likeness (QED) is 0.396. The molecule has 12 heteroatoms. The molecular weight excluding hydrogens is 408 g/mol. The lowest BCUT2D eigenvalue weighted by molar-refractivity contribution is -0.386. The van der Waals surface area contributed by atoms with Crippen molar-refractivity contribution in [1.82, 2.24) is 19.6 Å². The SMILES string of the molecule is C=CCC[C@H](O)c1c([N+](=O)[O-])cnn1C.Cn1ncc([N+](=O)[O-])c1[C@@H]1CCC=CCO1. The van der Waals surface area contributed by atoms with Crippen LogP contribution < -0.4 is 0 Å². The zero-order valence-corrected chi connectivity index (χ0v) is 17.5. The van der Waals surface area contributed by atoms with Crippen molar-refractivity contribution in [3.8, 4) is 0 Å². The molecule has 168 valence electrons. The number of nitrogens with zero attached hydrogens (tertiary/aromatic N) is 6. The fraction of sp³-hybridized carbons (Fsp3) is 0.474. The van der Waals surface area contributed by atoms with Gasteiger partial charge in [-0.15, -0.1) is 6.58 Å². The summed E-state index contributed by atoms with van der Waals surface area (Å²) in [4.78, 5) is 20.5. The summed E-state index contributed by atoms with van der Waals surface area (Å²) in [5.74, 6) is 0. The van der Waals surface area contributed by atoms with Crippen LogP contribution in [0, 0.1) is 20.2 Å². The minimum Gasteiger partial charge on any atom is -0.387 e. The van der Waals surface area contributed by atoms with Gasteiger partial charge < -0.3 is 9.84 Å². The minimum atomic E-state index is -0.879. The van der Waals surface area contributed by atoms with Gasteiger partial charge in [0.2, 0.25) is 0 Å². The molecule has 1 aliphatic rings. The molecule has 2 aromatic heterocycles. The van der Waals surface area contributed by atoms with Gasteiger partial charge >= 0.3 is 11.4 Å². The normalized spacial score (nSPS) is 16.7. The molecule has 0 unspecified atom stereocenters. The van der Waals surface area contributed by atoms with Crippen LogP contribution in [0.5, 0.6) is 0 Å². The number of hydrogen-bond donors (Lipinski definition) is 1. The molecule has 0 spiro atoms. The number of rotatable bonds is 7. The summed E-state index contributed by atoms with van der Waals surface area (Å²) >= 11 is 0. The van der Waals surface area contributed by atoms with Gasteiger partial charge in [0.1, 0.15) is 36.0 Å². The average molecular weight is 434 g/mol. The Balaban J connectivity index is 0.000000221. The molecule has 0 saturated carbocycles. The molecule has 0 aliphatic carbocycles. The molecule has 0 amide bonds. The Labute approximate surface area is 178 Å². The van der Waals surface area contributed by atoms with Crippen LogP contribution in [0.2, 0.25) is 0 Å². The smallest absolute Gasteiger partial charge is 0.312 e. The third kappa shape index (κ3) is 6.06. The maximum absolute atomic E-state index is 10.8. The van der Waals surface area contributed by atoms with E-state index < -0.39 is 16.0 Å². The maximum atomic E-state index is 10.8. The molecule has 3 heterocycles. The number of hydrogen-bond acceptors (Lipinski definition) is 8. The lowest BCUT2D eigenvalue weighted by atomic mass is 10.1. The Hall–Kier alpha value is -3.38. The van der Waals surface area contributed by atoms with Crippen LogP contribution in [0.15, 0.2) is 37.2 Å². The van der Waals surface area contributed by atoms with Crippen LogP contribution >= 0.6 is 0 Å². The lowest BCUT2D eigenvalue weighted by Crippen LogP contribution is -2.10. The van der Waals surface area contributed by atoms with Gasteiger partial charge in [-0.3, -0.25) is 29.6 Å². The van der Waals surface area contributed by atoms with Gasteiger partial charge in [-0.05, 0) is 25.7 Å². The first kappa shape index (κ1) is 23.9. The van der Waals surface area contributed by atoms with Crippen molar-refractivity contribution in [1.29, 1.82) is 0 Å². The number of aliphatic hydroxyl groups excluding tert-OH is 1. The first-order valence-electron chi connectivity index (χ1n) is 9.66. The van der Waals surface area contributed by atoms with Crippen molar-refractivity contribution in [3.63, 3.8) is 0 Å². The van der Waals surface area contributed by atoms with Gasteiger partial charge in [0.15, 0.2) is 0 Å². The number of aliphatic hydroxyl groups is 1. The predicted molar refractivity (Wildman–Crippen MR) is 111 cm³/mol. The molecule has 2 aromatic rings. The Morgan fingerprint density at radius 1 is 1.23 bits per heavy atom. The lowest BCUT2D eigenvalue weighted by Gasteiger charge is -2.14. The monoisotopic (exact) mass is 434 g/mol. The summed E-state index contributed by atoms with van der Waals surface area (Å²) in [6, 6.07) is 0. The van der Waals surface area contributed by atoms with Gasteiger partial charge in [0.05, 0.1) is 16.5 Å². The maximum Gasteiger partial charge on any atom is 0.312 e. The highest BCUT2D eigenvalue weighted by atomic mass is 16.6. The molecule has 0 fully saturated rings. The number of ether oxygens (including phenoxy) is 1. The second kappa shape index (κ2) is 11.1. The van der Waals surface area contributed by atoms with Crippen LogP contribution in [0.4, 0.5) is 11.4 Å². The average Bonchev–Trinajstić information content (AvgIpc) is 3.19. The summed E-state index contributed by atoms with van der Waals surface area (Å²) in [7, 11) is 3.27. The zero-order chi connectivity index (χ0) is 23.0. The van der Waals surface area contributed by atoms with Crippen molar-refractivity contribution < 1.29 is 19.7 Å². The first-order valence-corrected chi connectivity index (χ1v) is 9.66. The molecule has 1 aliphatic heterocycles. The van der Waals surface area contributed by atoms with Crippen LogP contribution in [0.3, 0.4) is 0 Å². The second-order valence-electron chi connectivity index (χ2n) is 6.84. The summed E-state index contributed by atoms with van der Waals surface area (Å²) in [5, 5.41) is 38.9. The second-order valence-corrected chi connectivity index (χ2v) is 6.84. The standard InChI is InChI=1S/C10H13N3O3.C9H13N3O3/c1-12-10(8(7-11-12)13(14)15)9-5-3-2-4-6-16-9;1-3-4-5-8(13)9-7(12(14)15)6-10-11(9)2/h2,4,7,9H,3,5-6H2,1H3;3,6,8,13H,1,4-5H2,2H3/t9-;8-/m00/s1. The Bertz CT molecular complexity index is 940. The van der Waals surface area contributed by atoms with Gasteiger partial charge in [-0.25, -0.2) is 0 Å². The third-order valence-corrected chi connectivity index (χ3v) is 4.74. The van der Waals surface area contributed by atoms with E-state index in [0.717, 1.165) is 19.0 Å². The molecule has 2 atom stereocenters. The highest BCUT2D eigenvalue weighted by Crippen LogP contribution is 2.31. The summed E-state index contributed by atoms with van der Waals surface area (Å²) < 4.78 is 8.41. The molecule has 0 radical (unpaired) electrons. The molecule has 3 rings (SSSR count). The van der Waals surface area contributed by atoms with Crippen molar-refractivity contribution >= 4 is 11.4 Å². The van der Waals surface area contributed by atoms with Crippen LogP contribution in [-0.4, -0.2) is 41.1 Å². The minimum absolute atomic E-state index is 0.0365. The Morgan fingerprint density at radius 2 is 1.87 bits per heavy atom. The van der Waals surface area contributed by atoms with Crippen LogP contribution in [0.1, 0.15) is 49.3 Å². The van der Waals surface area contributed by atoms with E-state index in [4.69, 9.17) is 4.74 Å². The molecule has 0 saturated heterocycles. The van der Waals surface area contributed by atoms with E-state index in [1.165, 1.54) is 15.6 Å². The van der Waals surface area contributed by atoms with Gasteiger partial charge in [0, 0.05) is 14.1 Å². The predicted octanol–water partition coefficient (Wildman–Crippen LogP) is 3.06. The van der Waals surface area contributed by atoms with E-state index in [9.17, 15) is 25.3 Å². The third-order valence-electron chi connectivity index (χ3n) is 4.74. The van der Waals surface area contributed by atoms with Crippen molar-refractivity contribution in [2.45, 2.75) is 37.9 Å². The van der Waals surface area contributed by atoms with E-state index in [2.05, 4.69) is 16.8 Å². The summed E-state index contributed by atoms with van der Waals surface area (Å²) in [5.41, 5.74) is 0.680. The van der Waals surface area contributed by atoms with Crippen molar-refractivity contribution in [2.75, 3.05) is 6.61 Å². The zero-order valence-electron chi connectivity index (χ0n) is 17.5. The topological polar surface area (TPSA) is 151 Å². The van der Waals surface area contributed by atoms with Gasteiger partial charge in [0.25, 0.3) is 0 Å². The molecular formula is C19H26N6O6. The first-order chi connectivity index (χ1) is 14.8. The fourth-order valence-electron chi connectivity index (χ4n) is 3.23. The van der Waals surface area contributed by atoms with Crippen molar-refractivity contribution in [2.24, 2.45) is 14.1 Å². The molecule has 31 heavy (non-hydrogen) atoms. The largest absolute Gasteiger partial charge is 0.387 e. The Morgan fingerprint density at radius 3 is 2.52 bits per heavy atom.